The van der Waals surface area contributed by atoms with E-state index < -0.39 is 0 Å². The zero-order chi connectivity index (χ0) is 11.8. The molecule has 0 bridgehead atoms. The molecule has 1 aromatic carbocycles. The molecule has 1 aromatic heterocycles. The van der Waals surface area contributed by atoms with Gasteiger partial charge in [-0.1, -0.05) is 11.3 Å². The number of fused-ring (bicyclic) bond motifs is 1. The van der Waals surface area contributed by atoms with Gasteiger partial charge in [0.1, 0.15) is 0 Å². The van der Waals surface area contributed by atoms with Crippen molar-refractivity contribution in [3.05, 3.63) is 17.7 Å². The Morgan fingerprint density at radius 3 is 2.76 bits per heavy atom. The van der Waals surface area contributed by atoms with Gasteiger partial charge in [0.15, 0.2) is 5.13 Å². The summed E-state index contributed by atoms with van der Waals surface area (Å²) in [6.45, 7) is 4.38. The van der Waals surface area contributed by atoms with Crippen molar-refractivity contribution in [1.82, 2.24) is 4.98 Å². The van der Waals surface area contributed by atoms with Crippen LogP contribution >= 0.6 is 11.3 Å². The molecular weight excluding hydrogens is 230 g/mol. The molecule has 0 spiro atoms. The molecule has 0 unspecified atom stereocenters. The lowest BCUT2D eigenvalue weighted by Crippen LogP contribution is -2.29. The Bertz CT molecular complexity index is 541. The highest BCUT2D eigenvalue weighted by Crippen LogP contribution is 2.33. The van der Waals surface area contributed by atoms with Crippen LogP contribution < -0.4 is 10.6 Å². The van der Waals surface area contributed by atoms with Gasteiger partial charge in [0, 0.05) is 18.8 Å². The zero-order valence-corrected chi connectivity index (χ0v) is 10.9. The number of nitrogen functional groups attached to an aromatic ring is 1. The quantitative estimate of drug-likeness (QED) is 0.787. The van der Waals surface area contributed by atoms with E-state index in [1.54, 1.807) is 11.3 Å². The summed E-state index contributed by atoms with van der Waals surface area (Å²) in [4.78, 5) is 7.17. The molecule has 1 fully saturated rings. The van der Waals surface area contributed by atoms with Crippen LogP contribution in [0.25, 0.3) is 10.2 Å². The van der Waals surface area contributed by atoms with Gasteiger partial charge in [0.2, 0.25) is 0 Å². The van der Waals surface area contributed by atoms with E-state index >= 15 is 0 Å². The van der Waals surface area contributed by atoms with E-state index in [2.05, 4.69) is 11.8 Å². The van der Waals surface area contributed by atoms with Gasteiger partial charge in [0.25, 0.3) is 0 Å². The minimum Gasteiger partial charge on any atom is -0.399 e. The van der Waals surface area contributed by atoms with Crippen molar-refractivity contribution >= 4 is 32.4 Å². The highest BCUT2D eigenvalue weighted by molar-refractivity contribution is 7.22. The number of aryl methyl sites for hydroxylation is 1. The predicted octanol–water partition coefficient (Wildman–Crippen LogP) is 3.18. The third kappa shape index (κ3) is 1.97. The summed E-state index contributed by atoms with van der Waals surface area (Å²) in [5, 5.41) is 1.16. The van der Waals surface area contributed by atoms with E-state index in [1.165, 1.54) is 29.5 Å². The Balaban J connectivity index is 2.03. The van der Waals surface area contributed by atoms with E-state index in [1.807, 2.05) is 12.1 Å². The highest BCUT2D eigenvalue weighted by Gasteiger charge is 2.15. The summed E-state index contributed by atoms with van der Waals surface area (Å²) in [5.41, 5.74) is 9.01. The van der Waals surface area contributed by atoms with Crippen molar-refractivity contribution in [2.24, 2.45) is 0 Å². The van der Waals surface area contributed by atoms with Crippen LogP contribution in [0.2, 0.25) is 0 Å². The second kappa shape index (κ2) is 4.18. The predicted molar refractivity (Wildman–Crippen MR) is 74.8 cm³/mol. The number of piperidine rings is 1. The molecule has 0 amide bonds. The molecule has 0 atom stereocenters. The second-order valence-corrected chi connectivity index (χ2v) is 5.74. The molecule has 1 saturated heterocycles. The number of hydrogen-bond donors (Lipinski definition) is 1. The van der Waals surface area contributed by atoms with Gasteiger partial charge in [-0.25, -0.2) is 4.98 Å². The fourth-order valence-electron chi connectivity index (χ4n) is 2.43. The second-order valence-electron chi connectivity index (χ2n) is 4.73. The van der Waals surface area contributed by atoms with E-state index in [0.717, 1.165) is 29.4 Å². The van der Waals surface area contributed by atoms with E-state index in [4.69, 9.17) is 10.7 Å². The van der Waals surface area contributed by atoms with Crippen molar-refractivity contribution < 1.29 is 0 Å². The van der Waals surface area contributed by atoms with Crippen molar-refractivity contribution in [3.63, 3.8) is 0 Å². The maximum Gasteiger partial charge on any atom is 0.186 e. The van der Waals surface area contributed by atoms with Crippen LogP contribution in [0.15, 0.2) is 12.1 Å². The fourth-order valence-corrected chi connectivity index (χ4v) is 3.58. The third-order valence-electron chi connectivity index (χ3n) is 3.32. The number of rotatable bonds is 1. The van der Waals surface area contributed by atoms with Gasteiger partial charge in [-0.15, -0.1) is 0 Å². The van der Waals surface area contributed by atoms with E-state index in [9.17, 15) is 0 Å². The van der Waals surface area contributed by atoms with Crippen LogP contribution in [-0.4, -0.2) is 18.1 Å². The summed E-state index contributed by atoms with van der Waals surface area (Å²) in [6.07, 6.45) is 3.93. The topological polar surface area (TPSA) is 42.1 Å². The molecule has 4 heteroatoms. The molecule has 3 nitrogen and oxygen atoms in total. The lowest BCUT2D eigenvalue weighted by Gasteiger charge is -2.25. The number of hydrogen-bond acceptors (Lipinski definition) is 4. The first-order valence-corrected chi connectivity index (χ1v) is 6.97. The van der Waals surface area contributed by atoms with Gasteiger partial charge in [-0.3, -0.25) is 0 Å². The number of aromatic nitrogens is 1. The normalized spacial score (nSPS) is 16.6. The molecule has 2 heterocycles. The van der Waals surface area contributed by atoms with E-state index in [-0.39, 0.29) is 0 Å². The Morgan fingerprint density at radius 2 is 2.00 bits per heavy atom. The van der Waals surface area contributed by atoms with Gasteiger partial charge in [0.05, 0.1) is 10.2 Å². The highest BCUT2D eigenvalue weighted by atomic mass is 32.1. The van der Waals surface area contributed by atoms with E-state index in [0.29, 0.717) is 0 Å². The van der Waals surface area contributed by atoms with Crippen molar-refractivity contribution in [2.75, 3.05) is 23.7 Å². The van der Waals surface area contributed by atoms with Crippen LogP contribution in [0.3, 0.4) is 0 Å². The Kier molecular flexibility index (Phi) is 2.67. The molecule has 0 aliphatic carbocycles. The summed E-state index contributed by atoms with van der Waals surface area (Å²) in [5.74, 6) is 0. The van der Waals surface area contributed by atoms with Gasteiger partial charge >= 0.3 is 0 Å². The maximum absolute atomic E-state index is 5.88. The van der Waals surface area contributed by atoms with Crippen LogP contribution in [0, 0.1) is 6.92 Å². The summed E-state index contributed by atoms with van der Waals surface area (Å²) in [6, 6.07) is 4.04. The standard InChI is InChI=1S/C13H17N3S/c1-9-7-10(14)8-11-12(9)15-13(17-11)16-5-3-2-4-6-16/h7-8H,2-6,14H2,1H3. The van der Waals surface area contributed by atoms with Crippen LogP contribution in [0.4, 0.5) is 10.8 Å². The summed E-state index contributed by atoms with van der Waals surface area (Å²) < 4.78 is 1.21. The lowest BCUT2D eigenvalue weighted by molar-refractivity contribution is 0.577. The Labute approximate surface area is 105 Å². The monoisotopic (exact) mass is 247 g/mol. The lowest BCUT2D eigenvalue weighted by atomic mass is 10.1. The first-order chi connectivity index (χ1) is 8.24. The molecule has 3 rings (SSSR count). The molecule has 0 saturated carbocycles. The van der Waals surface area contributed by atoms with Crippen LogP contribution in [-0.2, 0) is 0 Å². The van der Waals surface area contributed by atoms with Gasteiger partial charge in [-0.05, 0) is 43.9 Å². The summed E-state index contributed by atoms with van der Waals surface area (Å²) in [7, 11) is 0. The Hall–Kier alpha value is -1.29. The molecule has 1 aliphatic heterocycles. The molecule has 2 aromatic rings. The number of benzene rings is 1. The fraction of sp³-hybridized carbons (Fsp3) is 0.462. The minimum atomic E-state index is 0.837. The molecule has 2 N–H and O–H groups in total. The minimum absolute atomic E-state index is 0.837. The average Bonchev–Trinajstić information content (AvgIpc) is 2.74. The number of nitrogens with two attached hydrogens (primary N) is 1. The number of anilines is 2. The zero-order valence-electron chi connectivity index (χ0n) is 10.1. The first kappa shape index (κ1) is 10.8. The first-order valence-electron chi connectivity index (χ1n) is 6.15. The molecule has 1 aliphatic rings. The van der Waals surface area contributed by atoms with Gasteiger partial charge < -0.3 is 10.6 Å². The van der Waals surface area contributed by atoms with Gasteiger partial charge in [-0.2, -0.15) is 0 Å². The molecule has 17 heavy (non-hydrogen) atoms. The third-order valence-corrected chi connectivity index (χ3v) is 4.39. The van der Waals surface area contributed by atoms with Crippen LogP contribution in [0.1, 0.15) is 24.8 Å². The summed E-state index contributed by atoms with van der Waals surface area (Å²) >= 11 is 1.77. The van der Waals surface area contributed by atoms with Crippen molar-refractivity contribution in [3.8, 4) is 0 Å². The van der Waals surface area contributed by atoms with Crippen LogP contribution in [0.5, 0.6) is 0 Å². The van der Waals surface area contributed by atoms with Crippen molar-refractivity contribution in [2.45, 2.75) is 26.2 Å². The molecule has 90 valence electrons. The van der Waals surface area contributed by atoms with Crippen molar-refractivity contribution in [1.29, 1.82) is 0 Å². The maximum atomic E-state index is 5.88. The SMILES string of the molecule is Cc1cc(N)cc2sc(N3CCCCC3)nc12. The average molecular weight is 247 g/mol. The Morgan fingerprint density at radius 1 is 1.24 bits per heavy atom. The number of nitrogens with zero attached hydrogens (tertiary/aromatic N) is 2. The molecular formula is C13H17N3S. The smallest absolute Gasteiger partial charge is 0.186 e. The number of thiazole rings is 1. The molecule has 0 radical (unpaired) electrons. The largest absolute Gasteiger partial charge is 0.399 e.